The van der Waals surface area contributed by atoms with Crippen LogP contribution in [0.4, 0.5) is 0 Å². The third kappa shape index (κ3) is 2.05. The zero-order valence-corrected chi connectivity index (χ0v) is 8.41. The number of terminal acetylenes is 1. The standard InChI is InChI=1S/C10H14N2O2/c1-4-7(2)12-6-5-9(13)11-8(3)10(12)14/h1,7-8H,5-6H2,2-3H3,(H,11,13). The highest BCUT2D eigenvalue weighted by molar-refractivity contribution is 5.89. The molecule has 0 aromatic heterocycles. The summed E-state index contributed by atoms with van der Waals surface area (Å²) in [7, 11) is 0. The molecule has 14 heavy (non-hydrogen) atoms. The van der Waals surface area contributed by atoms with Crippen molar-refractivity contribution < 1.29 is 9.59 Å². The van der Waals surface area contributed by atoms with Crippen LogP contribution in [-0.4, -0.2) is 35.3 Å². The van der Waals surface area contributed by atoms with Gasteiger partial charge < -0.3 is 10.2 Å². The monoisotopic (exact) mass is 194 g/mol. The Morgan fingerprint density at radius 2 is 2.29 bits per heavy atom. The van der Waals surface area contributed by atoms with Crippen LogP contribution in [0.2, 0.25) is 0 Å². The lowest BCUT2D eigenvalue weighted by molar-refractivity contribution is -0.133. The van der Waals surface area contributed by atoms with Crippen LogP contribution in [0, 0.1) is 12.3 Å². The average molecular weight is 194 g/mol. The zero-order valence-electron chi connectivity index (χ0n) is 8.41. The van der Waals surface area contributed by atoms with Crippen LogP contribution in [-0.2, 0) is 9.59 Å². The van der Waals surface area contributed by atoms with E-state index in [4.69, 9.17) is 6.42 Å². The summed E-state index contributed by atoms with van der Waals surface area (Å²) in [6.07, 6.45) is 5.57. The molecule has 1 rings (SSSR count). The summed E-state index contributed by atoms with van der Waals surface area (Å²) in [5, 5.41) is 2.60. The first-order valence-electron chi connectivity index (χ1n) is 4.62. The van der Waals surface area contributed by atoms with E-state index >= 15 is 0 Å². The van der Waals surface area contributed by atoms with Crippen molar-refractivity contribution in [3.05, 3.63) is 0 Å². The topological polar surface area (TPSA) is 49.4 Å². The van der Waals surface area contributed by atoms with E-state index in [1.807, 2.05) is 0 Å². The number of nitrogens with zero attached hydrogens (tertiary/aromatic N) is 1. The number of carbonyl (C=O) groups excluding carboxylic acids is 2. The summed E-state index contributed by atoms with van der Waals surface area (Å²) in [5.41, 5.74) is 0. The molecule has 0 bridgehead atoms. The Morgan fingerprint density at radius 1 is 1.64 bits per heavy atom. The molecule has 2 amide bonds. The number of amides is 2. The number of nitrogens with one attached hydrogen (secondary N) is 1. The summed E-state index contributed by atoms with van der Waals surface area (Å²) in [4.78, 5) is 24.4. The fourth-order valence-electron chi connectivity index (χ4n) is 1.43. The van der Waals surface area contributed by atoms with Crippen LogP contribution >= 0.6 is 0 Å². The maximum absolute atomic E-state index is 11.7. The van der Waals surface area contributed by atoms with Crippen LogP contribution in [0.3, 0.4) is 0 Å². The van der Waals surface area contributed by atoms with E-state index in [-0.39, 0.29) is 17.9 Å². The molecular weight excluding hydrogens is 180 g/mol. The lowest BCUT2D eigenvalue weighted by Crippen LogP contribution is -2.45. The molecule has 1 heterocycles. The van der Waals surface area contributed by atoms with Gasteiger partial charge in [-0.1, -0.05) is 5.92 Å². The Labute approximate surface area is 83.6 Å². The smallest absolute Gasteiger partial charge is 0.245 e. The second-order valence-electron chi connectivity index (χ2n) is 3.41. The van der Waals surface area contributed by atoms with Crippen LogP contribution in [0.5, 0.6) is 0 Å². The quantitative estimate of drug-likeness (QED) is 0.585. The summed E-state index contributed by atoms with van der Waals surface area (Å²) in [5.74, 6) is 2.28. The van der Waals surface area contributed by atoms with Gasteiger partial charge in [0.25, 0.3) is 0 Å². The van der Waals surface area contributed by atoms with E-state index < -0.39 is 6.04 Å². The van der Waals surface area contributed by atoms with E-state index in [1.54, 1.807) is 18.7 Å². The molecule has 0 aromatic carbocycles. The molecule has 1 aliphatic rings. The highest BCUT2D eigenvalue weighted by Crippen LogP contribution is 2.07. The second-order valence-corrected chi connectivity index (χ2v) is 3.41. The normalized spacial score (nSPS) is 24.9. The van der Waals surface area contributed by atoms with E-state index in [1.165, 1.54) is 0 Å². The third-order valence-corrected chi connectivity index (χ3v) is 2.32. The highest BCUT2D eigenvalue weighted by Gasteiger charge is 2.28. The molecule has 1 aliphatic heterocycles. The molecule has 0 aliphatic carbocycles. The van der Waals surface area contributed by atoms with Gasteiger partial charge in [0.2, 0.25) is 11.8 Å². The Balaban J connectivity index is 2.81. The lowest BCUT2D eigenvalue weighted by Gasteiger charge is -2.25. The van der Waals surface area contributed by atoms with E-state index in [0.29, 0.717) is 13.0 Å². The SMILES string of the molecule is C#CC(C)N1CCC(=O)NC(C)C1=O. The van der Waals surface area contributed by atoms with Crippen LogP contribution in [0.25, 0.3) is 0 Å². The Hall–Kier alpha value is -1.50. The van der Waals surface area contributed by atoms with Crippen molar-refractivity contribution in [2.24, 2.45) is 0 Å². The molecule has 76 valence electrons. The molecule has 0 spiro atoms. The van der Waals surface area contributed by atoms with Crippen molar-refractivity contribution in [1.29, 1.82) is 0 Å². The Kier molecular flexibility index (Phi) is 3.13. The summed E-state index contributed by atoms with van der Waals surface area (Å²) in [6, 6.07) is -0.724. The van der Waals surface area contributed by atoms with Crippen molar-refractivity contribution in [1.82, 2.24) is 10.2 Å². The van der Waals surface area contributed by atoms with Crippen molar-refractivity contribution in [2.45, 2.75) is 32.4 Å². The lowest BCUT2D eigenvalue weighted by atomic mass is 10.2. The molecule has 4 nitrogen and oxygen atoms in total. The Bertz CT molecular complexity index is 293. The summed E-state index contributed by atoms with van der Waals surface area (Å²) < 4.78 is 0. The second kappa shape index (κ2) is 4.14. The van der Waals surface area contributed by atoms with Gasteiger partial charge in [-0.25, -0.2) is 0 Å². The van der Waals surface area contributed by atoms with Crippen molar-refractivity contribution >= 4 is 11.8 Å². The fraction of sp³-hybridized carbons (Fsp3) is 0.600. The molecule has 4 heteroatoms. The minimum absolute atomic E-state index is 0.0995. The first-order valence-corrected chi connectivity index (χ1v) is 4.62. The van der Waals surface area contributed by atoms with Gasteiger partial charge in [0, 0.05) is 13.0 Å². The minimum Gasteiger partial charge on any atom is -0.345 e. The van der Waals surface area contributed by atoms with Crippen molar-refractivity contribution in [2.75, 3.05) is 6.54 Å². The Morgan fingerprint density at radius 3 is 2.86 bits per heavy atom. The number of rotatable bonds is 1. The van der Waals surface area contributed by atoms with E-state index in [0.717, 1.165) is 0 Å². The molecule has 1 fully saturated rings. The van der Waals surface area contributed by atoms with Gasteiger partial charge in [0.05, 0.1) is 6.04 Å². The number of hydrogen-bond donors (Lipinski definition) is 1. The maximum Gasteiger partial charge on any atom is 0.245 e. The first-order chi connectivity index (χ1) is 6.56. The third-order valence-electron chi connectivity index (χ3n) is 2.32. The zero-order chi connectivity index (χ0) is 10.7. The summed E-state index contributed by atoms with van der Waals surface area (Å²) in [6.45, 7) is 3.85. The minimum atomic E-state index is -0.471. The van der Waals surface area contributed by atoms with E-state index in [2.05, 4.69) is 11.2 Å². The van der Waals surface area contributed by atoms with Crippen LogP contribution in [0.1, 0.15) is 20.3 Å². The molecule has 0 radical (unpaired) electrons. The van der Waals surface area contributed by atoms with Gasteiger partial charge in [0.15, 0.2) is 0 Å². The maximum atomic E-state index is 11.7. The van der Waals surface area contributed by atoms with Gasteiger partial charge in [-0.3, -0.25) is 9.59 Å². The first kappa shape index (κ1) is 10.6. The molecule has 1 N–H and O–H groups in total. The van der Waals surface area contributed by atoms with Crippen LogP contribution in [0.15, 0.2) is 0 Å². The van der Waals surface area contributed by atoms with Gasteiger partial charge in [-0.2, -0.15) is 0 Å². The molecule has 1 saturated heterocycles. The molecule has 0 saturated carbocycles. The van der Waals surface area contributed by atoms with Gasteiger partial charge in [-0.05, 0) is 13.8 Å². The predicted octanol–water partition coefficient (Wildman–Crippen LogP) is -0.255. The largest absolute Gasteiger partial charge is 0.345 e. The number of hydrogen-bond acceptors (Lipinski definition) is 2. The molecule has 2 atom stereocenters. The average Bonchev–Trinajstić information content (AvgIpc) is 2.27. The molecule has 0 aromatic rings. The van der Waals surface area contributed by atoms with Crippen molar-refractivity contribution in [3.63, 3.8) is 0 Å². The molecule has 2 unspecified atom stereocenters. The predicted molar refractivity (Wildman–Crippen MR) is 52.2 cm³/mol. The van der Waals surface area contributed by atoms with Crippen LogP contribution < -0.4 is 5.32 Å². The highest BCUT2D eigenvalue weighted by atomic mass is 16.2. The number of carbonyl (C=O) groups is 2. The van der Waals surface area contributed by atoms with Gasteiger partial charge in [0.1, 0.15) is 6.04 Å². The van der Waals surface area contributed by atoms with E-state index in [9.17, 15) is 9.59 Å². The van der Waals surface area contributed by atoms with Gasteiger partial charge >= 0.3 is 0 Å². The fourth-order valence-corrected chi connectivity index (χ4v) is 1.43. The van der Waals surface area contributed by atoms with Crippen molar-refractivity contribution in [3.8, 4) is 12.3 Å². The summed E-state index contributed by atoms with van der Waals surface area (Å²) >= 11 is 0. The molecular formula is C10H14N2O2. The van der Waals surface area contributed by atoms with Gasteiger partial charge in [-0.15, -0.1) is 6.42 Å².